The van der Waals surface area contributed by atoms with Crippen LogP contribution < -0.4 is 10.6 Å². The predicted molar refractivity (Wildman–Crippen MR) is 116 cm³/mol. The summed E-state index contributed by atoms with van der Waals surface area (Å²) in [6.45, 7) is 6.30. The molecule has 3 amide bonds. The molecule has 0 bridgehead atoms. The molecule has 0 unspecified atom stereocenters. The van der Waals surface area contributed by atoms with Crippen molar-refractivity contribution in [3.05, 3.63) is 42.0 Å². The molecule has 3 rings (SSSR count). The highest BCUT2D eigenvalue weighted by molar-refractivity contribution is 5.96. The zero-order valence-electron chi connectivity index (χ0n) is 17.5. The largest absolute Gasteiger partial charge is 0.335 e. The number of carbonyl (C=O) groups excluding carboxylic acids is 2. The number of hydrogen-bond donors (Lipinski definition) is 2. The Balaban J connectivity index is 1.36. The van der Waals surface area contributed by atoms with E-state index in [-0.39, 0.29) is 24.0 Å². The third kappa shape index (κ3) is 6.98. The van der Waals surface area contributed by atoms with E-state index in [1.165, 1.54) is 12.0 Å². The second kappa shape index (κ2) is 11.1. The second-order valence-corrected chi connectivity index (χ2v) is 8.12. The van der Waals surface area contributed by atoms with Crippen LogP contribution in [0.4, 0.5) is 4.79 Å². The molecular weight excluding hydrogens is 364 g/mol. The van der Waals surface area contributed by atoms with Crippen LogP contribution in [0.2, 0.25) is 0 Å². The molecule has 2 fully saturated rings. The average molecular weight is 399 g/mol. The average Bonchev–Trinajstić information content (AvgIpc) is 2.75. The topological polar surface area (TPSA) is 64.7 Å². The first kappa shape index (κ1) is 21.5. The molecular formula is C23H34N4O2. The van der Waals surface area contributed by atoms with Crippen LogP contribution in [0.15, 0.2) is 36.4 Å². The fraction of sp³-hybridized carbons (Fsp3) is 0.565. The van der Waals surface area contributed by atoms with Crippen LogP contribution in [-0.2, 0) is 4.79 Å². The summed E-state index contributed by atoms with van der Waals surface area (Å²) >= 11 is 0. The number of carbonyl (C=O) groups is 2. The second-order valence-electron chi connectivity index (χ2n) is 8.12. The van der Waals surface area contributed by atoms with Crippen molar-refractivity contribution in [2.24, 2.45) is 0 Å². The molecule has 6 nitrogen and oxygen atoms in total. The highest BCUT2D eigenvalue weighted by Crippen LogP contribution is 2.17. The maximum Gasteiger partial charge on any atom is 0.321 e. The molecule has 1 heterocycles. The Kier molecular flexibility index (Phi) is 8.25. The highest BCUT2D eigenvalue weighted by atomic mass is 16.2. The van der Waals surface area contributed by atoms with Crippen molar-refractivity contribution < 1.29 is 9.59 Å². The van der Waals surface area contributed by atoms with Crippen molar-refractivity contribution in [1.82, 2.24) is 20.4 Å². The number of nitrogens with zero attached hydrogens (tertiary/aromatic N) is 2. The lowest BCUT2D eigenvalue weighted by molar-refractivity contribution is -0.125. The van der Waals surface area contributed by atoms with Crippen LogP contribution in [0, 0.1) is 0 Å². The molecule has 1 atom stereocenters. The maximum atomic E-state index is 12.5. The van der Waals surface area contributed by atoms with Crippen molar-refractivity contribution in [1.29, 1.82) is 0 Å². The molecule has 1 aliphatic heterocycles. The third-order valence-corrected chi connectivity index (χ3v) is 5.98. The van der Waals surface area contributed by atoms with Crippen LogP contribution in [0.3, 0.4) is 0 Å². The standard InChI is InChI=1S/C23H34N4O2/c1-19(22(28)25-23(29)24-21-12-6-3-7-13-21)27-17-15-26(16-18-27)14-8-11-20-9-4-2-5-10-20/h2,4-5,8-11,19,21H,3,6-7,12-18H2,1H3,(H2,24,25,28,29)/b11-8+/t19-/m1/s1. The van der Waals surface area contributed by atoms with E-state index in [1.807, 2.05) is 25.1 Å². The number of urea groups is 1. The first-order chi connectivity index (χ1) is 14.1. The summed E-state index contributed by atoms with van der Waals surface area (Å²) in [6.07, 6.45) is 9.91. The van der Waals surface area contributed by atoms with Gasteiger partial charge in [0, 0.05) is 38.8 Å². The quantitative estimate of drug-likeness (QED) is 0.773. The summed E-state index contributed by atoms with van der Waals surface area (Å²) in [5.41, 5.74) is 1.21. The lowest BCUT2D eigenvalue weighted by atomic mass is 9.96. The van der Waals surface area contributed by atoms with Gasteiger partial charge in [-0.2, -0.15) is 0 Å². The number of nitrogens with one attached hydrogen (secondary N) is 2. The summed E-state index contributed by atoms with van der Waals surface area (Å²) in [7, 11) is 0. The third-order valence-electron chi connectivity index (χ3n) is 5.98. The predicted octanol–water partition coefficient (Wildman–Crippen LogP) is 2.86. The molecule has 2 aliphatic rings. The molecule has 0 radical (unpaired) electrons. The zero-order chi connectivity index (χ0) is 20.5. The van der Waals surface area contributed by atoms with E-state index < -0.39 is 0 Å². The van der Waals surface area contributed by atoms with Gasteiger partial charge in [-0.1, -0.05) is 61.7 Å². The summed E-state index contributed by atoms with van der Waals surface area (Å²) in [5.74, 6) is -0.212. The monoisotopic (exact) mass is 398 g/mol. The Labute approximate surface area is 174 Å². The summed E-state index contributed by atoms with van der Waals surface area (Å²) in [5, 5.41) is 5.48. The number of amides is 3. The minimum Gasteiger partial charge on any atom is -0.335 e. The van der Waals surface area contributed by atoms with E-state index in [1.54, 1.807) is 0 Å². The number of benzene rings is 1. The normalized spacial score (nSPS) is 20.4. The first-order valence-corrected chi connectivity index (χ1v) is 10.9. The molecule has 0 aromatic heterocycles. The van der Waals surface area contributed by atoms with Gasteiger partial charge in [-0.05, 0) is 25.3 Å². The molecule has 6 heteroatoms. The van der Waals surface area contributed by atoms with Gasteiger partial charge in [0.25, 0.3) is 0 Å². The van der Waals surface area contributed by atoms with Gasteiger partial charge >= 0.3 is 6.03 Å². The summed E-state index contributed by atoms with van der Waals surface area (Å²) in [6, 6.07) is 9.86. The van der Waals surface area contributed by atoms with Gasteiger partial charge in [0.1, 0.15) is 0 Å². The lowest BCUT2D eigenvalue weighted by Crippen LogP contribution is -2.56. The molecule has 2 N–H and O–H groups in total. The van der Waals surface area contributed by atoms with Crippen LogP contribution in [-0.4, -0.2) is 66.5 Å². The Bertz CT molecular complexity index is 677. The molecule has 1 saturated carbocycles. The lowest BCUT2D eigenvalue weighted by Gasteiger charge is -2.37. The number of piperazine rings is 1. The first-order valence-electron chi connectivity index (χ1n) is 10.9. The van der Waals surface area contributed by atoms with Crippen LogP contribution in [0.25, 0.3) is 6.08 Å². The van der Waals surface area contributed by atoms with Crippen molar-refractivity contribution in [3.8, 4) is 0 Å². The maximum absolute atomic E-state index is 12.5. The Morgan fingerprint density at radius 1 is 1.07 bits per heavy atom. The van der Waals surface area contributed by atoms with Gasteiger partial charge in [-0.15, -0.1) is 0 Å². The van der Waals surface area contributed by atoms with Crippen molar-refractivity contribution in [2.75, 3.05) is 32.7 Å². The summed E-state index contributed by atoms with van der Waals surface area (Å²) in [4.78, 5) is 29.1. The molecule has 158 valence electrons. The number of hydrogen-bond acceptors (Lipinski definition) is 4. The van der Waals surface area contributed by atoms with Crippen molar-refractivity contribution in [3.63, 3.8) is 0 Å². The Morgan fingerprint density at radius 2 is 1.76 bits per heavy atom. The van der Waals surface area contributed by atoms with Gasteiger partial charge in [-0.25, -0.2) is 4.79 Å². The van der Waals surface area contributed by atoms with Gasteiger partial charge in [-0.3, -0.25) is 19.9 Å². The van der Waals surface area contributed by atoms with Crippen molar-refractivity contribution >= 4 is 18.0 Å². The Hall–Kier alpha value is -2.18. The minimum atomic E-state index is -0.349. The van der Waals surface area contributed by atoms with E-state index in [9.17, 15) is 9.59 Å². The van der Waals surface area contributed by atoms with Gasteiger partial charge in [0.2, 0.25) is 5.91 Å². The van der Waals surface area contributed by atoms with E-state index >= 15 is 0 Å². The highest BCUT2D eigenvalue weighted by Gasteiger charge is 2.26. The van der Waals surface area contributed by atoms with E-state index in [4.69, 9.17) is 0 Å². The minimum absolute atomic E-state index is 0.208. The Morgan fingerprint density at radius 3 is 2.45 bits per heavy atom. The molecule has 29 heavy (non-hydrogen) atoms. The van der Waals surface area contributed by atoms with E-state index in [0.29, 0.717) is 0 Å². The van der Waals surface area contributed by atoms with Crippen molar-refractivity contribution in [2.45, 2.75) is 51.1 Å². The van der Waals surface area contributed by atoms with Gasteiger partial charge < -0.3 is 5.32 Å². The SMILES string of the molecule is C[C@H](C(=O)NC(=O)NC1CCCCC1)N1CCN(C/C=C/c2ccccc2)CC1. The summed E-state index contributed by atoms with van der Waals surface area (Å²) < 4.78 is 0. The fourth-order valence-corrected chi connectivity index (χ4v) is 4.09. The number of rotatable bonds is 6. The van der Waals surface area contributed by atoms with Gasteiger partial charge in [0.15, 0.2) is 0 Å². The zero-order valence-corrected chi connectivity index (χ0v) is 17.5. The fourth-order valence-electron chi connectivity index (χ4n) is 4.09. The van der Waals surface area contributed by atoms with E-state index in [2.05, 4.69) is 44.7 Å². The molecule has 1 saturated heterocycles. The molecule has 1 aliphatic carbocycles. The van der Waals surface area contributed by atoms with Crippen LogP contribution >= 0.6 is 0 Å². The van der Waals surface area contributed by atoms with Gasteiger partial charge in [0.05, 0.1) is 6.04 Å². The molecule has 1 aromatic rings. The number of imide groups is 1. The smallest absolute Gasteiger partial charge is 0.321 e. The molecule has 0 spiro atoms. The van der Waals surface area contributed by atoms with Crippen LogP contribution in [0.5, 0.6) is 0 Å². The molecule has 1 aromatic carbocycles. The van der Waals surface area contributed by atoms with Crippen LogP contribution in [0.1, 0.15) is 44.6 Å². The van der Waals surface area contributed by atoms with E-state index in [0.717, 1.165) is 58.4 Å².